The quantitative estimate of drug-likeness (QED) is 0.0988. The van der Waals surface area contributed by atoms with Crippen LogP contribution in [0.25, 0.3) is 0 Å². The molecule has 236 valence electrons. The molecule has 0 aliphatic carbocycles. The second-order valence-corrected chi connectivity index (χ2v) is 18.9. The second-order valence-electron chi connectivity index (χ2n) is 10.8. The molecule has 0 heterocycles. The molecular formula is C34H42O6S3Sn. The number of hydrogen-bond acceptors (Lipinski definition) is 9. The first-order chi connectivity index (χ1) is 21.3. The molecule has 0 spiro atoms. The molecule has 0 bridgehead atoms. The second kappa shape index (κ2) is 19.4. The molecule has 0 aliphatic rings. The molecule has 0 radical (unpaired) electrons. The number of hydrogen-bond donors (Lipinski definition) is 3. The van der Waals surface area contributed by atoms with E-state index in [1.54, 1.807) is 0 Å². The van der Waals surface area contributed by atoms with Gasteiger partial charge in [0.25, 0.3) is 0 Å². The Morgan fingerprint density at radius 3 is 1.11 bits per heavy atom. The van der Waals surface area contributed by atoms with E-state index < -0.39 is 55.3 Å². The third kappa shape index (κ3) is 11.7. The average Bonchev–Trinajstić information content (AvgIpc) is 3.05. The van der Waals surface area contributed by atoms with Gasteiger partial charge in [-0.3, -0.25) is 0 Å². The van der Waals surface area contributed by atoms with Gasteiger partial charge in [-0.15, -0.1) is 0 Å². The monoisotopic (exact) mass is 762 g/mol. The van der Waals surface area contributed by atoms with Crippen molar-refractivity contribution in [2.75, 3.05) is 17.3 Å². The molecule has 44 heavy (non-hydrogen) atoms. The first-order valence-corrected chi connectivity index (χ1v) is 22.4. The molecule has 6 nitrogen and oxygen atoms in total. The molecule has 0 fully saturated rings. The van der Waals surface area contributed by atoms with Crippen LogP contribution >= 0.6 is 37.9 Å². The molecule has 0 N–H and O–H groups in total. The molecule has 0 saturated heterocycles. The predicted molar refractivity (Wildman–Crippen MR) is 186 cm³/mol. The van der Waals surface area contributed by atoms with Gasteiger partial charge in [0.2, 0.25) is 0 Å². The summed E-state index contributed by atoms with van der Waals surface area (Å²) < 4.78 is 18.7. The van der Waals surface area contributed by atoms with Crippen molar-refractivity contribution >= 4 is 75.4 Å². The number of carbonyl (C=O) groups is 3. The third-order valence-electron chi connectivity index (χ3n) is 7.24. The fourth-order valence-corrected chi connectivity index (χ4v) is 13.0. The van der Waals surface area contributed by atoms with Gasteiger partial charge in [-0.25, -0.2) is 0 Å². The zero-order valence-electron chi connectivity index (χ0n) is 25.0. The van der Waals surface area contributed by atoms with E-state index in [9.17, 15) is 14.4 Å². The van der Waals surface area contributed by atoms with Gasteiger partial charge in [0, 0.05) is 0 Å². The molecule has 0 saturated carbocycles. The minimum absolute atomic E-state index is 0.189. The van der Waals surface area contributed by atoms with Crippen molar-refractivity contribution in [3.05, 3.63) is 108 Å². The SMILES string of the molecule is CCC[CH2][Sn]([O]C(=O)C(CS)Cc1ccccc1)([O]C(=O)C(CS)Cc1ccccc1)[O]C(=O)C(CS)Cc1ccccc1. The van der Waals surface area contributed by atoms with Gasteiger partial charge in [-0.05, 0) is 0 Å². The summed E-state index contributed by atoms with van der Waals surface area (Å²) in [5, 5.41) is 0. The Bertz CT molecular complexity index is 1140. The first-order valence-electron chi connectivity index (χ1n) is 15.0. The number of thiol groups is 3. The van der Waals surface area contributed by atoms with Crippen molar-refractivity contribution in [3.63, 3.8) is 0 Å². The Morgan fingerprint density at radius 1 is 0.568 bits per heavy atom. The van der Waals surface area contributed by atoms with Crippen LogP contribution in [0.15, 0.2) is 91.0 Å². The molecular weight excluding hydrogens is 719 g/mol. The van der Waals surface area contributed by atoms with Gasteiger partial charge in [0.05, 0.1) is 0 Å². The van der Waals surface area contributed by atoms with E-state index in [4.69, 9.17) is 9.22 Å². The molecule has 3 aromatic carbocycles. The fourth-order valence-electron chi connectivity index (χ4n) is 4.68. The fraction of sp³-hybridized carbons (Fsp3) is 0.382. The summed E-state index contributed by atoms with van der Waals surface area (Å²) in [6, 6.07) is 28.7. The Hall–Kier alpha value is -2.08. The summed E-state index contributed by atoms with van der Waals surface area (Å²) in [5.74, 6) is -2.95. The van der Waals surface area contributed by atoms with Gasteiger partial charge >= 0.3 is 285 Å². The van der Waals surface area contributed by atoms with Crippen molar-refractivity contribution in [1.29, 1.82) is 0 Å². The minimum atomic E-state index is -5.26. The number of benzene rings is 3. The predicted octanol–water partition coefficient (Wildman–Crippen LogP) is 6.72. The van der Waals surface area contributed by atoms with Crippen molar-refractivity contribution in [3.8, 4) is 0 Å². The van der Waals surface area contributed by atoms with Crippen LogP contribution in [0.2, 0.25) is 4.44 Å². The average molecular weight is 762 g/mol. The van der Waals surface area contributed by atoms with Gasteiger partial charge < -0.3 is 0 Å². The first kappa shape index (κ1) is 36.4. The Balaban J connectivity index is 1.93. The van der Waals surface area contributed by atoms with Crippen molar-refractivity contribution in [2.45, 2.75) is 43.5 Å². The van der Waals surface area contributed by atoms with Gasteiger partial charge in [-0.1, -0.05) is 0 Å². The Labute approximate surface area is 283 Å². The Kier molecular flexibility index (Phi) is 16.1. The van der Waals surface area contributed by atoms with E-state index in [0.717, 1.165) is 23.1 Å². The van der Waals surface area contributed by atoms with Crippen molar-refractivity contribution < 1.29 is 23.6 Å². The number of unbranched alkanes of at least 4 members (excludes halogenated alkanes) is 1. The summed E-state index contributed by atoms with van der Waals surface area (Å²) in [6.07, 6.45) is 2.46. The molecule has 10 heteroatoms. The topological polar surface area (TPSA) is 78.9 Å². The van der Waals surface area contributed by atoms with Crippen LogP contribution in [-0.2, 0) is 42.9 Å². The summed E-state index contributed by atoms with van der Waals surface area (Å²) in [5.41, 5.74) is 2.84. The maximum atomic E-state index is 13.7. The van der Waals surface area contributed by atoms with E-state index in [2.05, 4.69) is 37.9 Å². The molecule has 3 aromatic rings. The van der Waals surface area contributed by atoms with Crippen LogP contribution < -0.4 is 0 Å². The van der Waals surface area contributed by atoms with E-state index in [1.165, 1.54) is 0 Å². The molecule has 3 atom stereocenters. The van der Waals surface area contributed by atoms with Crippen LogP contribution in [0.3, 0.4) is 0 Å². The molecule has 0 aromatic heterocycles. The zero-order chi connectivity index (χ0) is 31.8. The third-order valence-corrected chi connectivity index (χ3v) is 15.7. The van der Waals surface area contributed by atoms with E-state index in [-0.39, 0.29) is 21.7 Å². The summed E-state index contributed by atoms with van der Waals surface area (Å²) in [6.45, 7) is 1.98. The molecule has 3 unspecified atom stereocenters. The van der Waals surface area contributed by atoms with E-state index in [0.29, 0.717) is 25.7 Å². The standard InChI is InChI=1S/3C10H12O2S.C4H9.Sn/c3*11-10(12)9(7-13)6-8-4-2-1-3-5-8;1-3-4-2;/h3*1-5,9,13H,6-7H2,(H,11,12);1,3-4H2,2H3;/q;;;;+3/p-3. The van der Waals surface area contributed by atoms with Crippen LogP contribution in [0.1, 0.15) is 36.5 Å². The van der Waals surface area contributed by atoms with E-state index >= 15 is 0 Å². The summed E-state index contributed by atoms with van der Waals surface area (Å²) >= 11 is 8.05. The summed E-state index contributed by atoms with van der Waals surface area (Å²) in [4.78, 5) is 41.2. The van der Waals surface area contributed by atoms with Gasteiger partial charge in [-0.2, -0.15) is 0 Å². The van der Waals surface area contributed by atoms with Crippen molar-refractivity contribution in [2.24, 2.45) is 17.8 Å². The van der Waals surface area contributed by atoms with Crippen LogP contribution in [0.4, 0.5) is 0 Å². The zero-order valence-corrected chi connectivity index (χ0v) is 30.6. The van der Waals surface area contributed by atoms with Gasteiger partial charge in [0.15, 0.2) is 0 Å². The van der Waals surface area contributed by atoms with Gasteiger partial charge in [0.1, 0.15) is 0 Å². The van der Waals surface area contributed by atoms with Crippen molar-refractivity contribution in [1.82, 2.24) is 0 Å². The normalized spacial score (nSPS) is 14.5. The van der Waals surface area contributed by atoms with E-state index in [1.807, 2.05) is 97.9 Å². The molecule has 0 amide bonds. The number of carbonyl (C=O) groups excluding carboxylic acids is 3. The Morgan fingerprint density at radius 2 is 0.864 bits per heavy atom. The van der Waals surface area contributed by atoms with Crippen LogP contribution in [0, 0.1) is 17.8 Å². The maximum absolute atomic E-state index is 13.7. The van der Waals surface area contributed by atoms with Crippen LogP contribution in [-0.4, -0.2) is 54.8 Å². The van der Waals surface area contributed by atoms with Crippen LogP contribution in [0.5, 0.6) is 0 Å². The summed E-state index contributed by atoms with van der Waals surface area (Å²) in [7, 11) is 0. The molecule has 3 rings (SSSR count). The molecule has 0 aliphatic heterocycles. The number of rotatable bonds is 18.